The van der Waals surface area contributed by atoms with Crippen LogP contribution in [0.1, 0.15) is 26.3 Å². The number of carbonyl (C=O) groups is 1. The van der Waals surface area contributed by atoms with Gasteiger partial charge in [0.2, 0.25) is 5.91 Å². The van der Waals surface area contributed by atoms with Gasteiger partial charge in [0.15, 0.2) is 16.7 Å². The van der Waals surface area contributed by atoms with Crippen LogP contribution in [0.15, 0.2) is 47.5 Å². The number of amides is 1. The van der Waals surface area contributed by atoms with E-state index in [0.717, 1.165) is 17.0 Å². The van der Waals surface area contributed by atoms with Gasteiger partial charge in [-0.25, -0.2) is 4.99 Å². The Balaban J connectivity index is 1.77. The van der Waals surface area contributed by atoms with E-state index in [1.807, 2.05) is 63.2 Å². The summed E-state index contributed by atoms with van der Waals surface area (Å²) in [5.74, 6) is 4.56. The molecule has 0 saturated carbocycles. The highest BCUT2D eigenvalue weighted by molar-refractivity contribution is 8.15. The maximum Gasteiger partial charge on any atom is 0.242 e. The molecular weight excluding hydrogens is 424 g/mol. The van der Waals surface area contributed by atoms with Crippen LogP contribution in [0.2, 0.25) is 0 Å². The maximum atomic E-state index is 13.0. The molecule has 0 aromatic heterocycles. The SMILES string of the molecule is C#CCOc1ccc(C[C@H]2SC(=Nc3ccc(OCC)cc3)N(CC)C2=O)cc1OCC. The maximum absolute atomic E-state index is 13.0. The second-order valence-corrected chi connectivity index (χ2v) is 8.09. The molecule has 0 bridgehead atoms. The van der Waals surface area contributed by atoms with Crippen molar-refractivity contribution < 1.29 is 19.0 Å². The number of thioether (sulfide) groups is 1. The van der Waals surface area contributed by atoms with Crippen molar-refractivity contribution >= 4 is 28.5 Å². The number of amidine groups is 1. The fourth-order valence-corrected chi connectivity index (χ4v) is 4.57. The standard InChI is InChI=1S/C25H28N2O4S/c1-5-15-31-21-14-9-18(16-22(21)30-8-4)17-23-24(28)27(6-2)25(32-23)26-19-10-12-20(13-11-19)29-7-3/h1,9-14,16,23H,6-8,15,17H2,2-4H3/t23-/m1/s1. The van der Waals surface area contributed by atoms with Gasteiger partial charge in [0.25, 0.3) is 0 Å². The first-order chi connectivity index (χ1) is 15.6. The molecule has 0 unspecified atom stereocenters. The van der Waals surface area contributed by atoms with E-state index < -0.39 is 0 Å². The highest BCUT2D eigenvalue weighted by Gasteiger charge is 2.37. The Morgan fingerprint density at radius 1 is 1.03 bits per heavy atom. The molecule has 0 N–H and O–H groups in total. The molecule has 6 nitrogen and oxygen atoms in total. The molecule has 2 aromatic rings. The topological polar surface area (TPSA) is 60.4 Å². The van der Waals surface area contributed by atoms with Gasteiger partial charge in [0.05, 0.1) is 24.2 Å². The number of carbonyl (C=O) groups excluding carboxylic acids is 1. The average molecular weight is 453 g/mol. The lowest BCUT2D eigenvalue weighted by Crippen LogP contribution is -2.32. The van der Waals surface area contributed by atoms with Gasteiger partial charge in [0.1, 0.15) is 12.4 Å². The van der Waals surface area contributed by atoms with Crippen LogP contribution < -0.4 is 14.2 Å². The van der Waals surface area contributed by atoms with Gasteiger partial charge in [-0.1, -0.05) is 23.7 Å². The van der Waals surface area contributed by atoms with Crippen molar-refractivity contribution in [3.63, 3.8) is 0 Å². The first-order valence-corrected chi connectivity index (χ1v) is 11.6. The van der Waals surface area contributed by atoms with Crippen molar-refractivity contribution in [2.45, 2.75) is 32.4 Å². The fourth-order valence-electron chi connectivity index (χ4n) is 3.31. The minimum Gasteiger partial charge on any atom is -0.494 e. The molecule has 1 fully saturated rings. The third-order valence-corrected chi connectivity index (χ3v) is 5.92. The van der Waals surface area contributed by atoms with Crippen LogP contribution in [0.3, 0.4) is 0 Å². The van der Waals surface area contributed by atoms with Crippen molar-refractivity contribution in [2.75, 3.05) is 26.4 Å². The minimum atomic E-state index is -0.247. The highest BCUT2D eigenvalue weighted by Crippen LogP contribution is 2.34. The summed E-state index contributed by atoms with van der Waals surface area (Å²) < 4.78 is 16.7. The van der Waals surface area contributed by atoms with Crippen molar-refractivity contribution in [3.05, 3.63) is 48.0 Å². The predicted molar refractivity (Wildman–Crippen MR) is 129 cm³/mol. The molecule has 2 aromatic carbocycles. The van der Waals surface area contributed by atoms with Crippen LogP contribution in [-0.2, 0) is 11.2 Å². The van der Waals surface area contributed by atoms with E-state index >= 15 is 0 Å². The molecule has 1 aliphatic rings. The van der Waals surface area contributed by atoms with Gasteiger partial charge in [0, 0.05) is 6.54 Å². The van der Waals surface area contributed by atoms with E-state index in [1.54, 1.807) is 4.90 Å². The number of ether oxygens (including phenoxy) is 3. The lowest BCUT2D eigenvalue weighted by Gasteiger charge is -2.14. The summed E-state index contributed by atoms with van der Waals surface area (Å²) in [6.45, 7) is 7.69. The van der Waals surface area contributed by atoms with E-state index in [0.29, 0.717) is 42.8 Å². The van der Waals surface area contributed by atoms with E-state index in [9.17, 15) is 4.79 Å². The van der Waals surface area contributed by atoms with Gasteiger partial charge in [-0.2, -0.15) is 0 Å². The van der Waals surface area contributed by atoms with E-state index in [2.05, 4.69) is 5.92 Å². The zero-order valence-electron chi connectivity index (χ0n) is 18.7. The van der Waals surface area contributed by atoms with Crippen molar-refractivity contribution in [3.8, 4) is 29.6 Å². The van der Waals surface area contributed by atoms with Gasteiger partial charge < -0.3 is 14.2 Å². The van der Waals surface area contributed by atoms with Gasteiger partial charge in [-0.15, -0.1) is 6.42 Å². The Morgan fingerprint density at radius 2 is 1.78 bits per heavy atom. The summed E-state index contributed by atoms with van der Waals surface area (Å²) in [6, 6.07) is 13.3. The summed E-state index contributed by atoms with van der Waals surface area (Å²) >= 11 is 1.49. The molecule has 1 heterocycles. The highest BCUT2D eigenvalue weighted by atomic mass is 32.2. The number of hydrogen-bond acceptors (Lipinski definition) is 6. The summed E-state index contributed by atoms with van der Waals surface area (Å²) in [6.07, 6.45) is 5.86. The van der Waals surface area contributed by atoms with E-state index in [-0.39, 0.29) is 17.8 Å². The number of benzene rings is 2. The molecule has 0 spiro atoms. The van der Waals surface area contributed by atoms with Crippen LogP contribution in [0.25, 0.3) is 0 Å². The first-order valence-electron chi connectivity index (χ1n) is 10.7. The summed E-state index contributed by atoms with van der Waals surface area (Å²) in [7, 11) is 0. The monoisotopic (exact) mass is 452 g/mol. The Morgan fingerprint density at radius 3 is 2.44 bits per heavy atom. The molecule has 1 saturated heterocycles. The third kappa shape index (κ3) is 5.77. The predicted octanol–water partition coefficient (Wildman–Crippen LogP) is 4.69. The zero-order valence-corrected chi connectivity index (χ0v) is 19.5. The molecule has 3 rings (SSSR count). The van der Waals surface area contributed by atoms with Gasteiger partial charge >= 0.3 is 0 Å². The number of aliphatic imine (C=N–C) groups is 1. The fraction of sp³-hybridized carbons (Fsp3) is 0.360. The Hall–Kier alpha value is -3.11. The smallest absolute Gasteiger partial charge is 0.242 e. The zero-order chi connectivity index (χ0) is 22.9. The molecule has 0 aliphatic carbocycles. The van der Waals surface area contributed by atoms with Crippen LogP contribution in [0.5, 0.6) is 17.2 Å². The van der Waals surface area contributed by atoms with Crippen molar-refractivity contribution in [2.24, 2.45) is 4.99 Å². The molecule has 1 atom stereocenters. The van der Waals surface area contributed by atoms with Crippen molar-refractivity contribution in [1.82, 2.24) is 4.90 Å². The molecule has 1 aliphatic heterocycles. The Labute approximate surface area is 194 Å². The lowest BCUT2D eigenvalue weighted by molar-refractivity contribution is -0.126. The molecule has 32 heavy (non-hydrogen) atoms. The van der Waals surface area contributed by atoms with Crippen molar-refractivity contribution in [1.29, 1.82) is 0 Å². The number of hydrogen-bond donors (Lipinski definition) is 0. The summed E-state index contributed by atoms with van der Waals surface area (Å²) in [5.41, 5.74) is 1.78. The Kier molecular flexibility index (Phi) is 8.46. The summed E-state index contributed by atoms with van der Waals surface area (Å²) in [4.78, 5) is 19.5. The van der Waals surface area contributed by atoms with E-state index in [4.69, 9.17) is 25.6 Å². The lowest BCUT2D eigenvalue weighted by atomic mass is 10.1. The molecule has 0 radical (unpaired) electrons. The second kappa shape index (κ2) is 11.5. The van der Waals surface area contributed by atoms with E-state index in [1.165, 1.54) is 11.8 Å². The van der Waals surface area contributed by atoms with Gasteiger partial charge in [-0.05, 0) is 69.2 Å². The molecule has 1 amide bonds. The third-order valence-electron chi connectivity index (χ3n) is 4.75. The van der Waals surface area contributed by atoms with Crippen LogP contribution in [-0.4, -0.2) is 47.6 Å². The summed E-state index contributed by atoms with van der Waals surface area (Å²) in [5, 5.41) is 0.467. The molecule has 168 valence electrons. The van der Waals surface area contributed by atoms with Crippen LogP contribution in [0.4, 0.5) is 5.69 Å². The second-order valence-electron chi connectivity index (χ2n) is 6.92. The van der Waals surface area contributed by atoms with Crippen LogP contribution >= 0.6 is 11.8 Å². The number of terminal acetylenes is 1. The van der Waals surface area contributed by atoms with Crippen LogP contribution in [0, 0.1) is 12.3 Å². The average Bonchev–Trinajstić information content (AvgIpc) is 3.08. The minimum absolute atomic E-state index is 0.0628. The number of rotatable bonds is 10. The Bertz CT molecular complexity index is 998. The quantitative estimate of drug-likeness (QED) is 0.490. The number of nitrogens with zero attached hydrogens (tertiary/aromatic N) is 2. The largest absolute Gasteiger partial charge is 0.494 e. The first kappa shape index (κ1) is 23.6. The molecular formula is C25H28N2O4S. The normalized spacial score (nSPS) is 16.8. The molecule has 7 heteroatoms. The van der Waals surface area contributed by atoms with Gasteiger partial charge in [-0.3, -0.25) is 9.69 Å².